The summed E-state index contributed by atoms with van der Waals surface area (Å²) in [6.45, 7) is 0.294. The van der Waals surface area contributed by atoms with Gasteiger partial charge in [-0.25, -0.2) is 18.7 Å². The van der Waals surface area contributed by atoms with E-state index in [1.165, 1.54) is 35.7 Å². The highest BCUT2D eigenvalue weighted by Gasteiger charge is 2.47. The van der Waals surface area contributed by atoms with Gasteiger partial charge in [0.2, 0.25) is 5.91 Å². The monoisotopic (exact) mass is 545 g/mol. The highest BCUT2D eigenvalue weighted by atomic mass is 19.4. The maximum Gasteiger partial charge on any atom is 0.398 e. The lowest BCUT2D eigenvalue weighted by molar-refractivity contribution is -0.149. The van der Waals surface area contributed by atoms with E-state index >= 15 is 0 Å². The van der Waals surface area contributed by atoms with Crippen molar-refractivity contribution >= 4 is 17.5 Å². The predicted octanol–water partition coefficient (Wildman–Crippen LogP) is 3.89. The molecule has 0 saturated heterocycles. The molecule has 3 N–H and O–H groups in total. The Labute approximate surface area is 217 Å². The van der Waals surface area contributed by atoms with Gasteiger partial charge in [-0.15, -0.1) is 0 Å². The standard InChI is InChI=1S/C26H20F5N5O3/c1-25(24(32)38)12-39-22-16(25)8-18(35-21(22)13-2-4-14(27)5-3-13)17(26(29,30)31)9-33-23(37)19-11-36-10-15(28)6-7-20(36)34-19/h2-8,10-11,17H,9,12H2,1H3,(H2,32,38)(H,33,37)/t17-,25+/m1/s1. The molecule has 8 nitrogen and oxygen atoms in total. The first kappa shape index (κ1) is 26.1. The first-order chi connectivity index (χ1) is 18.4. The van der Waals surface area contributed by atoms with E-state index in [1.54, 1.807) is 0 Å². The van der Waals surface area contributed by atoms with Crippen LogP contribution in [0, 0.1) is 11.6 Å². The van der Waals surface area contributed by atoms with Gasteiger partial charge in [0, 0.05) is 30.1 Å². The SMILES string of the molecule is C[C@]1(C(N)=O)COc2c1cc([C@@H](CNC(=O)c1cn3cc(F)ccc3n1)C(F)(F)F)nc2-c1ccc(F)cc1. The molecular weight excluding hydrogens is 525 g/mol. The Morgan fingerprint density at radius 2 is 1.79 bits per heavy atom. The number of halogens is 5. The first-order valence-corrected chi connectivity index (χ1v) is 11.6. The van der Waals surface area contributed by atoms with E-state index in [9.17, 15) is 31.5 Å². The number of rotatable bonds is 6. The second kappa shape index (κ2) is 9.33. The predicted molar refractivity (Wildman–Crippen MR) is 128 cm³/mol. The third kappa shape index (κ3) is 4.75. The van der Waals surface area contributed by atoms with Crippen LogP contribution in [0.3, 0.4) is 0 Å². The number of pyridine rings is 2. The smallest absolute Gasteiger partial charge is 0.398 e. The van der Waals surface area contributed by atoms with E-state index in [1.807, 2.05) is 0 Å². The highest BCUT2D eigenvalue weighted by Crippen LogP contribution is 2.46. The summed E-state index contributed by atoms with van der Waals surface area (Å²) in [4.78, 5) is 33.2. The molecule has 0 aliphatic carbocycles. The lowest BCUT2D eigenvalue weighted by atomic mass is 9.82. The molecule has 5 rings (SSSR count). The van der Waals surface area contributed by atoms with Crippen LogP contribution in [0.4, 0.5) is 22.0 Å². The summed E-state index contributed by atoms with van der Waals surface area (Å²) in [6.07, 6.45) is -2.62. The molecule has 1 aromatic carbocycles. The zero-order valence-electron chi connectivity index (χ0n) is 20.2. The van der Waals surface area contributed by atoms with Crippen molar-refractivity contribution in [3.63, 3.8) is 0 Å². The van der Waals surface area contributed by atoms with Crippen molar-refractivity contribution in [1.29, 1.82) is 0 Å². The van der Waals surface area contributed by atoms with Crippen LogP contribution < -0.4 is 15.8 Å². The second-order valence-corrected chi connectivity index (χ2v) is 9.31. The zero-order valence-corrected chi connectivity index (χ0v) is 20.2. The van der Waals surface area contributed by atoms with Gasteiger partial charge in [-0.2, -0.15) is 13.2 Å². The minimum absolute atomic E-state index is 0.0320. The lowest BCUT2D eigenvalue weighted by Crippen LogP contribution is -2.40. The van der Waals surface area contributed by atoms with Crippen molar-refractivity contribution in [3.8, 4) is 17.0 Å². The number of amides is 2. The third-order valence-corrected chi connectivity index (χ3v) is 6.62. The van der Waals surface area contributed by atoms with E-state index in [4.69, 9.17) is 10.5 Å². The van der Waals surface area contributed by atoms with E-state index in [2.05, 4.69) is 15.3 Å². The van der Waals surface area contributed by atoms with Gasteiger partial charge < -0.3 is 20.2 Å². The van der Waals surface area contributed by atoms with Crippen molar-refractivity contribution < 1.29 is 36.3 Å². The van der Waals surface area contributed by atoms with Crippen LogP contribution in [0.5, 0.6) is 5.75 Å². The summed E-state index contributed by atoms with van der Waals surface area (Å²) in [5.41, 5.74) is 3.95. The average Bonchev–Trinajstić information content (AvgIpc) is 3.45. The van der Waals surface area contributed by atoms with Crippen LogP contribution in [0.25, 0.3) is 16.9 Å². The van der Waals surface area contributed by atoms with Gasteiger partial charge in [-0.3, -0.25) is 9.59 Å². The number of alkyl halides is 3. The molecule has 4 heterocycles. The lowest BCUT2D eigenvalue weighted by Gasteiger charge is -2.23. The molecule has 202 valence electrons. The van der Waals surface area contributed by atoms with Crippen LogP contribution >= 0.6 is 0 Å². The van der Waals surface area contributed by atoms with Crippen molar-refractivity contribution in [2.24, 2.45) is 5.73 Å². The summed E-state index contributed by atoms with van der Waals surface area (Å²) in [5.74, 6) is -5.13. The van der Waals surface area contributed by atoms with Crippen LogP contribution in [-0.2, 0) is 10.2 Å². The quantitative estimate of drug-likeness (QED) is 0.357. The first-order valence-electron chi connectivity index (χ1n) is 11.6. The molecule has 1 aliphatic rings. The minimum Gasteiger partial charge on any atom is -0.489 e. The molecule has 2 amide bonds. The summed E-state index contributed by atoms with van der Waals surface area (Å²) >= 11 is 0. The maximum absolute atomic E-state index is 14.3. The van der Waals surface area contributed by atoms with E-state index in [0.29, 0.717) is 0 Å². The normalized spacial score (nSPS) is 17.5. The molecule has 0 saturated carbocycles. The van der Waals surface area contributed by atoms with E-state index in [-0.39, 0.29) is 40.5 Å². The molecule has 0 unspecified atom stereocenters. The number of ether oxygens (including phenoxy) is 1. The summed E-state index contributed by atoms with van der Waals surface area (Å²) in [6, 6.07) is 8.40. The molecule has 0 bridgehead atoms. The maximum atomic E-state index is 14.3. The van der Waals surface area contributed by atoms with Gasteiger partial charge in [-0.1, -0.05) is 0 Å². The van der Waals surface area contributed by atoms with Crippen molar-refractivity contribution in [1.82, 2.24) is 19.7 Å². The fourth-order valence-electron chi connectivity index (χ4n) is 4.34. The van der Waals surface area contributed by atoms with Crippen LogP contribution in [0.15, 0.2) is 54.9 Å². The van der Waals surface area contributed by atoms with Gasteiger partial charge in [-0.05, 0) is 49.4 Å². The van der Waals surface area contributed by atoms with Crippen LogP contribution in [0.1, 0.15) is 34.6 Å². The molecule has 4 aromatic rings. The number of carbonyl (C=O) groups excluding carboxylic acids is 2. The molecule has 0 fully saturated rings. The minimum atomic E-state index is -4.88. The number of hydrogen-bond donors (Lipinski definition) is 2. The second-order valence-electron chi connectivity index (χ2n) is 9.31. The molecule has 2 atom stereocenters. The number of nitrogens with zero attached hydrogens (tertiary/aromatic N) is 3. The fraction of sp³-hybridized carbons (Fsp3) is 0.231. The molecule has 0 radical (unpaired) electrons. The number of fused-ring (bicyclic) bond motifs is 2. The number of carbonyl (C=O) groups is 2. The molecule has 0 spiro atoms. The van der Waals surface area contributed by atoms with Crippen LogP contribution in [0.2, 0.25) is 0 Å². The van der Waals surface area contributed by atoms with E-state index < -0.39 is 53.2 Å². The number of nitrogens with one attached hydrogen (secondary N) is 1. The number of benzene rings is 1. The summed E-state index contributed by atoms with van der Waals surface area (Å²) in [5, 5.41) is 2.22. The van der Waals surface area contributed by atoms with Gasteiger partial charge in [0.05, 0.1) is 5.69 Å². The Balaban J connectivity index is 1.54. The fourth-order valence-corrected chi connectivity index (χ4v) is 4.34. The largest absolute Gasteiger partial charge is 0.489 e. The third-order valence-electron chi connectivity index (χ3n) is 6.62. The Kier molecular flexibility index (Phi) is 6.24. The highest BCUT2D eigenvalue weighted by molar-refractivity contribution is 5.93. The molecule has 1 aliphatic heterocycles. The average molecular weight is 545 g/mol. The van der Waals surface area contributed by atoms with Crippen molar-refractivity contribution in [2.75, 3.05) is 13.2 Å². The van der Waals surface area contributed by atoms with Gasteiger partial charge in [0.15, 0.2) is 0 Å². The van der Waals surface area contributed by atoms with Gasteiger partial charge in [0.1, 0.15) is 52.4 Å². The van der Waals surface area contributed by atoms with E-state index in [0.717, 1.165) is 30.5 Å². The summed E-state index contributed by atoms with van der Waals surface area (Å²) in [7, 11) is 0. The number of imidazole rings is 1. The molecular formula is C26H20F5N5O3. The van der Waals surface area contributed by atoms with Gasteiger partial charge in [0.25, 0.3) is 5.91 Å². The molecule has 13 heteroatoms. The summed E-state index contributed by atoms with van der Waals surface area (Å²) < 4.78 is 76.9. The van der Waals surface area contributed by atoms with Crippen LogP contribution in [-0.4, -0.2) is 45.5 Å². The van der Waals surface area contributed by atoms with Crippen molar-refractivity contribution in [3.05, 3.63) is 83.4 Å². The Bertz CT molecular complexity index is 1600. The number of aromatic nitrogens is 3. The molecule has 39 heavy (non-hydrogen) atoms. The topological polar surface area (TPSA) is 112 Å². The number of nitrogens with two attached hydrogens (primary N) is 1. The number of hydrogen-bond acceptors (Lipinski definition) is 5. The van der Waals surface area contributed by atoms with Gasteiger partial charge >= 0.3 is 6.18 Å². The molecule has 3 aromatic heterocycles. The Morgan fingerprint density at radius 1 is 1.10 bits per heavy atom. The van der Waals surface area contributed by atoms with Crippen molar-refractivity contribution in [2.45, 2.75) is 24.4 Å². The number of primary amides is 1. The Morgan fingerprint density at radius 3 is 2.46 bits per heavy atom. The Hall–Kier alpha value is -4.55. The zero-order chi connectivity index (χ0) is 28.1.